The van der Waals surface area contributed by atoms with E-state index in [1.807, 2.05) is 0 Å². The van der Waals surface area contributed by atoms with Crippen LogP contribution in [-0.2, 0) is 7.05 Å². The van der Waals surface area contributed by atoms with Gasteiger partial charge in [0, 0.05) is 30.6 Å². The fourth-order valence-corrected chi connectivity index (χ4v) is 2.46. The number of aryl methyl sites for hydroxylation is 1. The molecule has 1 N–H and O–H groups in total. The van der Waals surface area contributed by atoms with Gasteiger partial charge in [0.05, 0.1) is 0 Å². The Bertz CT molecular complexity index is 859. The molecule has 0 spiro atoms. The number of carbonyl (C=O) groups is 1. The molecule has 2 aromatic carbocycles. The summed E-state index contributed by atoms with van der Waals surface area (Å²) in [7, 11) is 1.76. The van der Waals surface area contributed by atoms with Crippen LogP contribution in [0.3, 0.4) is 0 Å². The third-order valence-electron chi connectivity index (χ3n) is 3.71. The van der Waals surface area contributed by atoms with E-state index in [-0.39, 0.29) is 5.56 Å². The molecule has 0 radical (unpaired) electrons. The minimum atomic E-state index is -0.760. The lowest BCUT2D eigenvalue weighted by molar-refractivity contribution is 0.0940. The molecule has 0 unspecified atom stereocenters. The van der Waals surface area contributed by atoms with Crippen molar-refractivity contribution in [3.63, 3.8) is 0 Å². The number of halogens is 2. The van der Waals surface area contributed by atoms with Gasteiger partial charge in [0.1, 0.15) is 23.5 Å². The molecule has 0 bridgehead atoms. The van der Waals surface area contributed by atoms with Gasteiger partial charge in [0.2, 0.25) is 0 Å². The molecular formula is C18H15F2N3O. The van der Waals surface area contributed by atoms with Gasteiger partial charge in [-0.2, -0.15) is 0 Å². The number of hydrogen-bond donors (Lipinski definition) is 1. The first-order valence-electron chi connectivity index (χ1n) is 7.34. The van der Waals surface area contributed by atoms with Gasteiger partial charge in [0.25, 0.3) is 5.91 Å². The summed E-state index contributed by atoms with van der Waals surface area (Å²) in [5.41, 5.74) is 0.592. The first kappa shape index (κ1) is 15.9. The fourth-order valence-electron chi connectivity index (χ4n) is 2.46. The molecule has 24 heavy (non-hydrogen) atoms. The highest BCUT2D eigenvalue weighted by Crippen LogP contribution is 2.23. The summed E-state index contributed by atoms with van der Waals surface area (Å²) in [5.74, 6) is -0.812. The Hall–Kier alpha value is -3.02. The first-order chi connectivity index (χ1) is 11.6. The van der Waals surface area contributed by atoms with Crippen LogP contribution in [0.15, 0.2) is 60.9 Å². The number of rotatable bonds is 4. The molecule has 6 heteroatoms. The van der Waals surface area contributed by atoms with Crippen LogP contribution in [0.5, 0.6) is 0 Å². The molecule has 0 saturated heterocycles. The van der Waals surface area contributed by atoms with Crippen LogP contribution in [0, 0.1) is 11.6 Å². The molecule has 0 aliphatic heterocycles. The molecule has 3 aromatic rings. The Labute approximate surface area is 137 Å². The van der Waals surface area contributed by atoms with Crippen LogP contribution < -0.4 is 5.32 Å². The Kier molecular flexibility index (Phi) is 4.37. The third-order valence-corrected chi connectivity index (χ3v) is 3.71. The first-order valence-corrected chi connectivity index (χ1v) is 7.34. The molecule has 1 heterocycles. The van der Waals surface area contributed by atoms with Crippen molar-refractivity contribution < 1.29 is 13.6 Å². The average molecular weight is 327 g/mol. The van der Waals surface area contributed by atoms with E-state index in [4.69, 9.17) is 0 Å². The maximum absolute atomic E-state index is 14.2. The molecule has 1 atom stereocenters. The summed E-state index contributed by atoms with van der Waals surface area (Å²) in [6.07, 6.45) is 3.29. The van der Waals surface area contributed by atoms with E-state index < -0.39 is 23.6 Å². The van der Waals surface area contributed by atoms with Crippen molar-refractivity contribution in [2.75, 3.05) is 0 Å². The molecule has 3 rings (SSSR count). The number of nitrogens with one attached hydrogen (secondary N) is 1. The van der Waals surface area contributed by atoms with Crippen LogP contribution in [0.2, 0.25) is 0 Å². The molecule has 0 saturated carbocycles. The number of hydrogen-bond acceptors (Lipinski definition) is 2. The van der Waals surface area contributed by atoms with Gasteiger partial charge < -0.3 is 9.88 Å². The number of amides is 1. The van der Waals surface area contributed by atoms with E-state index in [0.717, 1.165) is 0 Å². The predicted octanol–water partition coefficient (Wildman–Crippen LogP) is 3.22. The molecule has 0 aliphatic carbocycles. The summed E-state index contributed by atoms with van der Waals surface area (Å²) in [5, 5.41) is 2.77. The van der Waals surface area contributed by atoms with Crippen molar-refractivity contribution in [3.8, 4) is 0 Å². The number of benzene rings is 2. The van der Waals surface area contributed by atoms with Crippen LogP contribution in [0.25, 0.3) is 0 Å². The highest BCUT2D eigenvalue weighted by atomic mass is 19.1. The quantitative estimate of drug-likeness (QED) is 0.800. The lowest BCUT2D eigenvalue weighted by Gasteiger charge is -2.19. The summed E-state index contributed by atoms with van der Waals surface area (Å²) >= 11 is 0. The van der Waals surface area contributed by atoms with Crippen molar-refractivity contribution in [1.29, 1.82) is 0 Å². The zero-order valence-corrected chi connectivity index (χ0v) is 12.9. The van der Waals surface area contributed by atoms with Gasteiger partial charge in [-0.15, -0.1) is 0 Å². The molecule has 1 aromatic heterocycles. The van der Waals surface area contributed by atoms with Gasteiger partial charge in [-0.25, -0.2) is 13.8 Å². The van der Waals surface area contributed by atoms with E-state index in [1.54, 1.807) is 42.2 Å². The number of imidazole rings is 1. The predicted molar refractivity (Wildman–Crippen MR) is 85.3 cm³/mol. The van der Waals surface area contributed by atoms with E-state index in [9.17, 15) is 13.6 Å². The van der Waals surface area contributed by atoms with Crippen LogP contribution in [0.4, 0.5) is 8.78 Å². The molecule has 122 valence electrons. The van der Waals surface area contributed by atoms with E-state index in [1.165, 1.54) is 30.3 Å². The maximum atomic E-state index is 14.2. The molecule has 1 amide bonds. The number of nitrogens with zero attached hydrogens (tertiary/aromatic N) is 2. The smallest absolute Gasteiger partial charge is 0.252 e. The standard InChI is InChI=1S/C18H15F2N3O/c1-23-11-10-21-17(23)16(14-4-2-3-5-15(14)20)22-18(24)12-6-8-13(19)9-7-12/h2-11,16H,1H3,(H,22,24)/t16-/m0/s1. The zero-order valence-electron chi connectivity index (χ0n) is 12.9. The second-order valence-electron chi connectivity index (χ2n) is 5.33. The van der Waals surface area contributed by atoms with Crippen LogP contribution >= 0.6 is 0 Å². The van der Waals surface area contributed by atoms with Gasteiger partial charge in [-0.05, 0) is 30.3 Å². The number of aromatic nitrogens is 2. The monoisotopic (exact) mass is 327 g/mol. The Balaban J connectivity index is 1.97. The van der Waals surface area contributed by atoms with Gasteiger partial charge in [-0.3, -0.25) is 4.79 Å². The topological polar surface area (TPSA) is 46.9 Å². The van der Waals surface area contributed by atoms with E-state index in [0.29, 0.717) is 11.4 Å². The minimum Gasteiger partial charge on any atom is -0.338 e. The van der Waals surface area contributed by atoms with Crippen molar-refractivity contribution >= 4 is 5.91 Å². The Morgan fingerprint density at radius 1 is 1.12 bits per heavy atom. The maximum Gasteiger partial charge on any atom is 0.252 e. The largest absolute Gasteiger partial charge is 0.338 e. The minimum absolute atomic E-state index is 0.284. The Morgan fingerprint density at radius 2 is 1.83 bits per heavy atom. The molecular weight excluding hydrogens is 312 g/mol. The highest BCUT2D eigenvalue weighted by molar-refractivity contribution is 5.94. The van der Waals surface area contributed by atoms with Crippen molar-refractivity contribution in [2.45, 2.75) is 6.04 Å². The summed E-state index contributed by atoms with van der Waals surface area (Å²) in [6.45, 7) is 0. The van der Waals surface area contributed by atoms with Crippen molar-refractivity contribution in [3.05, 3.63) is 89.5 Å². The van der Waals surface area contributed by atoms with E-state index >= 15 is 0 Å². The zero-order chi connectivity index (χ0) is 17.1. The third kappa shape index (κ3) is 3.17. The second kappa shape index (κ2) is 6.62. The van der Waals surface area contributed by atoms with Gasteiger partial charge in [0.15, 0.2) is 0 Å². The molecule has 0 aliphatic rings. The van der Waals surface area contributed by atoms with Gasteiger partial charge >= 0.3 is 0 Å². The highest BCUT2D eigenvalue weighted by Gasteiger charge is 2.24. The summed E-state index contributed by atoms with van der Waals surface area (Å²) < 4.78 is 29.0. The van der Waals surface area contributed by atoms with Crippen LogP contribution in [-0.4, -0.2) is 15.5 Å². The normalized spacial score (nSPS) is 12.0. The Morgan fingerprint density at radius 3 is 2.46 bits per heavy atom. The lowest BCUT2D eigenvalue weighted by Crippen LogP contribution is -2.31. The fraction of sp³-hybridized carbons (Fsp3) is 0.111. The molecule has 4 nitrogen and oxygen atoms in total. The summed E-state index contributed by atoms with van der Waals surface area (Å²) in [4.78, 5) is 16.7. The van der Waals surface area contributed by atoms with Crippen molar-refractivity contribution in [1.82, 2.24) is 14.9 Å². The van der Waals surface area contributed by atoms with E-state index in [2.05, 4.69) is 10.3 Å². The van der Waals surface area contributed by atoms with Gasteiger partial charge in [-0.1, -0.05) is 18.2 Å². The SMILES string of the molecule is Cn1ccnc1[C@@H](NC(=O)c1ccc(F)cc1)c1ccccc1F. The average Bonchev–Trinajstić information content (AvgIpc) is 3.00. The second-order valence-corrected chi connectivity index (χ2v) is 5.33. The van der Waals surface area contributed by atoms with Crippen molar-refractivity contribution in [2.24, 2.45) is 7.05 Å². The lowest BCUT2D eigenvalue weighted by atomic mass is 10.0. The number of carbonyl (C=O) groups excluding carboxylic acids is 1. The van der Waals surface area contributed by atoms with Crippen LogP contribution in [0.1, 0.15) is 27.8 Å². The summed E-state index contributed by atoms with van der Waals surface area (Å²) in [6, 6.07) is 10.6. The molecule has 0 fully saturated rings.